The van der Waals surface area contributed by atoms with Crippen LogP contribution >= 0.6 is 0 Å². The van der Waals surface area contributed by atoms with Gasteiger partial charge in [-0.15, -0.1) is 0 Å². The van der Waals surface area contributed by atoms with Gasteiger partial charge >= 0.3 is 5.97 Å². The van der Waals surface area contributed by atoms with Crippen molar-refractivity contribution in [3.8, 4) is 0 Å². The molecule has 0 aromatic rings. The third-order valence-corrected chi connectivity index (χ3v) is 9.56. The van der Waals surface area contributed by atoms with Gasteiger partial charge in [-0.1, -0.05) is 77.6 Å². The van der Waals surface area contributed by atoms with E-state index in [0.29, 0.717) is 6.42 Å². The fourth-order valence-electron chi connectivity index (χ4n) is 6.92. The highest BCUT2D eigenvalue weighted by Crippen LogP contribution is 2.34. The van der Waals surface area contributed by atoms with E-state index in [2.05, 4.69) is 6.92 Å². The topological polar surface area (TPSA) is 105 Å². The van der Waals surface area contributed by atoms with Crippen LogP contribution in [0.5, 0.6) is 0 Å². The molecule has 0 aromatic heterocycles. The summed E-state index contributed by atoms with van der Waals surface area (Å²) in [6.45, 7) is 4.10. The summed E-state index contributed by atoms with van der Waals surface area (Å²) in [6, 6.07) is 0. The molecule has 3 aliphatic rings. The number of ether oxygens (including phenoxy) is 3. The molecule has 0 spiro atoms. The monoisotopic (exact) mass is 594 g/mol. The summed E-state index contributed by atoms with van der Waals surface area (Å²) in [4.78, 5) is 11.6. The molecule has 7 nitrogen and oxygen atoms in total. The van der Waals surface area contributed by atoms with Gasteiger partial charge in [-0.05, 0) is 83.6 Å². The van der Waals surface area contributed by atoms with E-state index >= 15 is 0 Å². The number of esters is 1. The Kier molecular flexibility index (Phi) is 17.0. The highest BCUT2D eigenvalue weighted by molar-refractivity contribution is 5.90. The molecule has 42 heavy (non-hydrogen) atoms. The van der Waals surface area contributed by atoms with Crippen LogP contribution in [0.2, 0.25) is 0 Å². The second-order valence-electron chi connectivity index (χ2n) is 13.3. The lowest BCUT2D eigenvalue weighted by atomic mass is 9.99. The molecule has 7 heteroatoms. The van der Waals surface area contributed by atoms with E-state index in [9.17, 15) is 20.1 Å². The standard InChI is InChI=1S/C35H62O7/c1-3-4-5-13-17-28(36)18-15-20-30(38)32-22-24-34(42-32)33-23-21-31(41-33)29(37)19-14-11-9-7-6-8-10-12-16-27-25-26(2)40-35(27)39/h25-26,28-34,36-38H,3-24H2,1-2H3/t26-,28-,29-,30-,31-,32+,33-,34-/m0/s1. The molecule has 3 heterocycles. The number of rotatable bonds is 23. The van der Waals surface area contributed by atoms with Crippen molar-refractivity contribution in [1.29, 1.82) is 0 Å². The quantitative estimate of drug-likeness (QED) is 0.0858. The van der Waals surface area contributed by atoms with E-state index < -0.39 is 12.2 Å². The van der Waals surface area contributed by atoms with E-state index in [4.69, 9.17) is 14.2 Å². The van der Waals surface area contributed by atoms with Crippen molar-refractivity contribution >= 4 is 5.97 Å². The Hall–Kier alpha value is -0.990. The van der Waals surface area contributed by atoms with Gasteiger partial charge in [-0.3, -0.25) is 0 Å². The zero-order chi connectivity index (χ0) is 30.2. The minimum Gasteiger partial charge on any atom is -0.455 e. The second kappa shape index (κ2) is 20.1. The molecule has 0 saturated carbocycles. The fourth-order valence-corrected chi connectivity index (χ4v) is 6.92. The normalized spacial score (nSPS) is 28.2. The van der Waals surface area contributed by atoms with Gasteiger partial charge in [-0.25, -0.2) is 4.79 Å². The van der Waals surface area contributed by atoms with E-state index in [1.165, 1.54) is 44.9 Å². The summed E-state index contributed by atoms with van der Waals surface area (Å²) < 4.78 is 17.6. The van der Waals surface area contributed by atoms with Crippen LogP contribution in [0, 0.1) is 0 Å². The lowest BCUT2D eigenvalue weighted by Crippen LogP contribution is -2.33. The van der Waals surface area contributed by atoms with Crippen LogP contribution in [0.3, 0.4) is 0 Å². The predicted octanol–water partition coefficient (Wildman–Crippen LogP) is 7.08. The summed E-state index contributed by atoms with van der Waals surface area (Å²) in [5.74, 6) is -0.133. The van der Waals surface area contributed by atoms with Crippen molar-refractivity contribution in [2.45, 2.75) is 204 Å². The number of hydrogen-bond donors (Lipinski definition) is 3. The molecule has 0 amide bonds. The molecule has 0 aromatic carbocycles. The Morgan fingerprint density at radius 3 is 1.76 bits per heavy atom. The zero-order valence-corrected chi connectivity index (χ0v) is 26.7. The maximum Gasteiger partial charge on any atom is 0.334 e. The molecule has 0 bridgehead atoms. The summed E-state index contributed by atoms with van der Waals surface area (Å²) >= 11 is 0. The van der Waals surface area contributed by atoms with Crippen molar-refractivity contribution in [1.82, 2.24) is 0 Å². The van der Waals surface area contributed by atoms with E-state index in [0.717, 1.165) is 95.5 Å². The Bertz CT molecular complexity index is 770. The van der Waals surface area contributed by atoms with Crippen molar-refractivity contribution in [2.75, 3.05) is 0 Å². The molecule has 0 radical (unpaired) electrons. The van der Waals surface area contributed by atoms with Crippen LogP contribution in [0.1, 0.15) is 155 Å². The van der Waals surface area contributed by atoms with Crippen LogP contribution in [0.15, 0.2) is 11.6 Å². The third kappa shape index (κ3) is 12.9. The number of hydrogen-bond acceptors (Lipinski definition) is 7. The maximum absolute atomic E-state index is 11.6. The zero-order valence-electron chi connectivity index (χ0n) is 26.7. The molecule has 0 unspecified atom stereocenters. The number of aliphatic hydroxyl groups excluding tert-OH is 3. The SMILES string of the molecule is CCCCCC[C@H](O)CCC[C@H](O)[C@H]1CC[C@@H]([C@@H]2CC[C@@H]([C@@H](O)CCCCCCCCCCC3=C[C@H](C)OC3=O)O2)O1. The van der Waals surface area contributed by atoms with Gasteiger partial charge in [0.15, 0.2) is 0 Å². The van der Waals surface area contributed by atoms with Crippen molar-refractivity contribution < 1.29 is 34.3 Å². The van der Waals surface area contributed by atoms with Crippen molar-refractivity contribution in [3.05, 3.63) is 11.6 Å². The lowest BCUT2D eigenvalue weighted by Gasteiger charge is -2.24. The maximum atomic E-state index is 11.6. The van der Waals surface area contributed by atoms with Crippen LogP contribution < -0.4 is 0 Å². The van der Waals surface area contributed by atoms with Gasteiger partial charge < -0.3 is 29.5 Å². The van der Waals surface area contributed by atoms with Gasteiger partial charge in [0, 0.05) is 5.57 Å². The summed E-state index contributed by atoms with van der Waals surface area (Å²) in [5, 5.41) is 31.6. The molecule has 2 fully saturated rings. The van der Waals surface area contributed by atoms with Crippen LogP contribution in [-0.2, 0) is 19.0 Å². The summed E-state index contributed by atoms with van der Waals surface area (Å²) in [6.07, 6.45) is 22.8. The highest BCUT2D eigenvalue weighted by Gasteiger charge is 2.40. The molecule has 244 valence electrons. The third-order valence-electron chi connectivity index (χ3n) is 9.56. The lowest BCUT2D eigenvalue weighted by molar-refractivity contribution is -0.139. The molecule has 3 aliphatic heterocycles. The van der Waals surface area contributed by atoms with Crippen LogP contribution in [0.25, 0.3) is 0 Å². The number of carbonyl (C=O) groups is 1. The van der Waals surface area contributed by atoms with Gasteiger partial charge in [-0.2, -0.15) is 0 Å². The Morgan fingerprint density at radius 2 is 1.19 bits per heavy atom. The average Bonchev–Trinajstić information content (AvgIpc) is 3.72. The van der Waals surface area contributed by atoms with Gasteiger partial charge in [0.25, 0.3) is 0 Å². The van der Waals surface area contributed by atoms with Crippen molar-refractivity contribution in [2.24, 2.45) is 0 Å². The van der Waals surface area contributed by atoms with E-state index in [1.54, 1.807) is 0 Å². The number of cyclic esters (lactones) is 1. The predicted molar refractivity (Wildman–Crippen MR) is 166 cm³/mol. The van der Waals surface area contributed by atoms with Crippen LogP contribution in [-0.4, -0.2) is 70.1 Å². The minimum atomic E-state index is -0.482. The number of aliphatic hydroxyl groups is 3. The molecule has 0 aliphatic carbocycles. The van der Waals surface area contributed by atoms with E-state index in [-0.39, 0.29) is 42.6 Å². The smallest absolute Gasteiger partial charge is 0.334 e. The highest BCUT2D eigenvalue weighted by atomic mass is 16.6. The molecule has 3 N–H and O–H groups in total. The Balaban J connectivity index is 1.16. The van der Waals surface area contributed by atoms with Gasteiger partial charge in [0.2, 0.25) is 0 Å². The first-order valence-electron chi connectivity index (χ1n) is 17.6. The second-order valence-corrected chi connectivity index (χ2v) is 13.3. The molecular weight excluding hydrogens is 532 g/mol. The Labute approximate surface area is 255 Å². The van der Waals surface area contributed by atoms with Crippen molar-refractivity contribution in [3.63, 3.8) is 0 Å². The molecule has 8 atom stereocenters. The number of carbonyl (C=O) groups excluding carboxylic acids is 1. The largest absolute Gasteiger partial charge is 0.455 e. The van der Waals surface area contributed by atoms with Gasteiger partial charge in [0.1, 0.15) is 6.10 Å². The molecular formula is C35H62O7. The first-order valence-corrected chi connectivity index (χ1v) is 17.6. The molecule has 3 rings (SSSR count). The summed E-state index contributed by atoms with van der Waals surface area (Å²) in [7, 11) is 0. The Morgan fingerprint density at radius 1 is 0.690 bits per heavy atom. The average molecular weight is 595 g/mol. The first kappa shape index (κ1) is 35.5. The molecule has 2 saturated heterocycles. The summed E-state index contributed by atoms with van der Waals surface area (Å²) in [5.41, 5.74) is 0.851. The minimum absolute atomic E-state index is 0.0123. The first-order chi connectivity index (χ1) is 20.4. The van der Waals surface area contributed by atoms with Crippen LogP contribution in [0.4, 0.5) is 0 Å². The van der Waals surface area contributed by atoms with E-state index in [1.807, 2.05) is 13.0 Å². The number of unbranched alkanes of at least 4 members (excludes halogenated alkanes) is 10. The fraction of sp³-hybridized carbons (Fsp3) is 0.914. The van der Waals surface area contributed by atoms with Gasteiger partial charge in [0.05, 0.1) is 42.7 Å².